The molecule has 1 heterocycles. The minimum atomic E-state index is -0.281. The Morgan fingerprint density at radius 1 is 1.07 bits per heavy atom. The second kappa shape index (κ2) is 8.97. The average molecular weight is 384 g/mol. The maximum Gasteiger partial charge on any atom is 0.410 e. The largest absolute Gasteiger partial charge is 0.497 e. The fourth-order valence-electron chi connectivity index (χ4n) is 3.38. The number of carbonyl (C=O) groups excluding carboxylic acids is 1. The molecule has 0 bridgehead atoms. The number of nitrogens with zero attached hydrogens (tertiary/aromatic N) is 1. The third-order valence-electron chi connectivity index (χ3n) is 5.19. The van der Waals surface area contributed by atoms with Crippen LogP contribution in [0.1, 0.15) is 37.1 Å². The van der Waals surface area contributed by atoms with Gasteiger partial charge in [0, 0.05) is 12.6 Å². The van der Waals surface area contributed by atoms with Crippen molar-refractivity contribution in [3.05, 3.63) is 59.7 Å². The van der Waals surface area contributed by atoms with Gasteiger partial charge in [-0.3, -0.25) is 4.90 Å². The molecule has 0 aromatic heterocycles. The molecule has 6 nitrogen and oxygen atoms in total. The van der Waals surface area contributed by atoms with Gasteiger partial charge in [-0.05, 0) is 49.2 Å². The van der Waals surface area contributed by atoms with Crippen LogP contribution in [0, 0.1) is 0 Å². The highest BCUT2D eigenvalue weighted by Crippen LogP contribution is 2.28. The van der Waals surface area contributed by atoms with Crippen LogP contribution < -0.4 is 14.8 Å². The van der Waals surface area contributed by atoms with Crippen LogP contribution in [0.3, 0.4) is 0 Å². The van der Waals surface area contributed by atoms with E-state index in [1.165, 1.54) is 0 Å². The predicted octanol–water partition coefficient (Wildman–Crippen LogP) is 3.94. The molecule has 0 unspecified atom stereocenters. The summed E-state index contributed by atoms with van der Waals surface area (Å²) < 4.78 is 16.1. The van der Waals surface area contributed by atoms with E-state index in [1.54, 1.807) is 19.1 Å². The van der Waals surface area contributed by atoms with Crippen molar-refractivity contribution in [2.24, 2.45) is 0 Å². The smallest absolute Gasteiger partial charge is 0.410 e. The Labute approximate surface area is 166 Å². The molecule has 3 atom stereocenters. The Bertz CT molecular complexity index is 811. The number of ether oxygens (including phenoxy) is 3. The number of methoxy groups -OCH3 is 2. The van der Waals surface area contributed by atoms with Crippen LogP contribution in [-0.2, 0) is 4.74 Å². The second-order valence-electron chi connectivity index (χ2n) is 7.02. The van der Waals surface area contributed by atoms with Crippen molar-refractivity contribution in [2.75, 3.05) is 27.3 Å². The van der Waals surface area contributed by atoms with E-state index in [0.717, 1.165) is 22.6 Å². The fourth-order valence-corrected chi connectivity index (χ4v) is 3.38. The molecular formula is C22H28N2O4. The van der Waals surface area contributed by atoms with E-state index >= 15 is 0 Å². The summed E-state index contributed by atoms with van der Waals surface area (Å²) in [4.78, 5) is 14.1. The van der Waals surface area contributed by atoms with Crippen molar-refractivity contribution in [3.8, 4) is 11.5 Å². The first kappa shape index (κ1) is 20.0. The molecule has 3 rings (SSSR count). The first-order valence-corrected chi connectivity index (χ1v) is 9.50. The Morgan fingerprint density at radius 3 is 2.32 bits per heavy atom. The van der Waals surface area contributed by atoms with Gasteiger partial charge in [0.1, 0.15) is 17.6 Å². The van der Waals surface area contributed by atoms with Crippen LogP contribution in [0.5, 0.6) is 11.5 Å². The zero-order valence-corrected chi connectivity index (χ0v) is 16.8. The van der Waals surface area contributed by atoms with Gasteiger partial charge in [0.15, 0.2) is 0 Å². The Balaban J connectivity index is 1.58. The molecule has 1 fully saturated rings. The molecule has 1 amide bonds. The Kier molecular flexibility index (Phi) is 6.41. The van der Waals surface area contributed by atoms with Gasteiger partial charge in [0.25, 0.3) is 0 Å². The normalized spacial score (nSPS) is 18.5. The lowest BCUT2D eigenvalue weighted by atomic mass is 10.1. The lowest BCUT2D eigenvalue weighted by Crippen LogP contribution is -2.33. The van der Waals surface area contributed by atoms with Crippen molar-refractivity contribution in [3.63, 3.8) is 0 Å². The maximum atomic E-state index is 12.4. The van der Waals surface area contributed by atoms with Crippen LogP contribution >= 0.6 is 0 Å². The average Bonchev–Trinajstić information content (AvgIpc) is 3.11. The minimum absolute atomic E-state index is 0.0802. The van der Waals surface area contributed by atoms with Crippen LogP contribution in [-0.4, -0.2) is 44.4 Å². The third-order valence-corrected chi connectivity index (χ3v) is 5.19. The van der Waals surface area contributed by atoms with Crippen LogP contribution in [0.4, 0.5) is 4.79 Å². The molecule has 0 saturated carbocycles. The SMILES string of the molecule is COc1cccc([C@H](C)NC[C@H]2CN([C@@H](C)c3cccc(OC)c3)C(=O)O2)c1. The topological polar surface area (TPSA) is 60.0 Å². The molecule has 2 aromatic carbocycles. The number of hydrogen-bond acceptors (Lipinski definition) is 5. The number of carbonyl (C=O) groups is 1. The van der Waals surface area contributed by atoms with Gasteiger partial charge in [-0.15, -0.1) is 0 Å². The van der Waals surface area contributed by atoms with E-state index in [4.69, 9.17) is 14.2 Å². The summed E-state index contributed by atoms with van der Waals surface area (Å²) in [6, 6.07) is 15.8. The van der Waals surface area contributed by atoms with E-state index in [2.05, 4.69) is 18.3 Å². The summed E-state index contributed by atoms with van der Waals surface area (Å²) in [5.74, 6) is 1.61. The predicted molar refractivity (Wildman–Crippen MR) is 108 cm³/mol. The van der Waals surface area contributed by atoms with Gasteiger partial charge in [-0.2, -0.15) is 0 Å². The Hall–Kier alpha value is -2.73. The standard InChI is InChI=1S/C22H28N2O4/c1-15(17-7-5-9-19(11-17)26-3)23-13-21-14-24(22(25)28-21)16(2)18-8-6-10-20(12-18)27-4/h5-12,15-16,21,23H,13-14H2,1-4H3/t15-,16-,21-/m0/s1. The summed E-state index contributed by atoms with van der Waals surface area (Å²) in [6.45, 7) is 5.23. The molecule has 150 valence electrons. The van der Waals surface area contributed by atoms with Gasteiger partial charge in [0.2, 0.25) is 0 Å². The maximum absolute atomic E-state index is 12.4. The van der Waals surface area contributed by atoms with E-state index in [1.807, 2.05) is 49.4 Å². The van der Waals surface area contributed by atoms with Crippen LogP contribution in [0.2, 0.25) is 0 Å². The molecule has 28 heavy (non-hydrogen) atoms. The number of hydrogen-bond donors (Lipinski definition) is 1. The van der Waals surface area contributed by atoms with Gasteiger partial charge in [0.05, 0.1) is 26.8 Å². The van der Waals surface area contributed by atoms with Gasteiger partial charge >= 0.3 is 6.09 Å². The van der Waals surface area contributed by atoms with Crippen molar-refractivity contribution >= 4 is 6.09 Å². The monoisotopic (exact) mass is 384 g/mol. The lowest BCUT2D eigenvalue weighted by Gasteiger charge is -2.23. The van der Waals surface area contributed by atoms with Gasteiger partial charge in [-0.25, -0.2) is 4.79 Å². The quantitative estimate of drug-likeness (QED) is 0.747. The van der Waals surface area contributed by atoms with E-state index in [-0.39, 0.29) is 24.3 Å². The molecule has 1 aliphatic rings. The molecule has 1 N–H and O–H groups in total. The number of amides is 1. The summed E-state index contributed by atoms with van der Waals surface area (Å²) >= 11 is 0. The number of benzene rings is 2. The van der Waals surface area contributed by atoms with Crippen LogP contribution in [0.15, 0.2) is 48.5 Å². The van der Waals surface area contributed by atoms with Gasteiger partial charge < -0.3 is 19.5 Å². The van der Waals surface area contributed by atoms with Crippen molar-refractivity contribution in [1.82, 2.24) is 10.2 Å². The molecule has 1 saturated heterocycles. The molecule has 0 aliphatic carbocycles. The summed E-state index contributed by atoms with van der Waals surface area (Å²) in [6.07, 6.45) is -0.468. The molecule has 0 radical (unpaired) electrons. The highest BCUT2D eigenvalue weighted by Gasteiger charge is 2.35. The number of nitrogens with one attached hydrogen (secondary N) is 1. The third kappa shape index (κ3) is 4.57. The fraction of sp³-hybridized carbons (Fsp3) is 0.409. The molecule has 2 aromatic rings. The summed E-state index contributed by atoms with van der Waals surface area (Å²) in [5.41, 5.74) is 2.15. The zero-order chi connectivity index (χ0) is 20.1. The highest BCUT2D eigenvalue weighted by atomic mass is 16.6. The van der Waals surface area contributed by atoms with Crippen LogP contribution in [0.25, 0.3) is 0 Å². The zero-order valence-electron chi connectivity index (χ0n) is 16.8. The number of rotatable bonds is 8. The molecule has 1 aliphatic heterocycles. The second-order valence-corrected chi connectivity index (χ2v) is 7.02. The number of cyclic esters (lactones) is 1. The van der Waals surface area contributed by atoms with Gasteiger partial charge in [-0.1, -0.05) is 24.3 Å². The minimum Gasteiger partial charge on any atom is -0.497 e. The summed E-state index contributed by atoms with van der Waals surface area (Å²) in [5, 5.41) is 3.45. The van der Waals surface area contributed by atoms with Crippen molar-refractivity contribution < 1.29 is 19.0 Å². The van der Waals surface area contributed by atoms with Crippen molar-refractivity contribution in [1.29, 1.82) is 0 Å². The Morgan fingerprint density at radius 2 is 1.68 bits per heavy atom. The first-order chi connectivity index (χ1) is 13.5. The first-order valence-electron chi connectivity index (χ1n) is 9.50. The van der Waals surface area contributed by atoms with E-state index < -0.39 is 0 Å². The molecular weight excluding hydrogens is 356 g/mol. The highest BCUT2D eigenvalue weighted by molar-refractivity contribution is 5.70. The van der Waals surface area contributed by atoms with E-state index in [9.17, 15) is 4.79 Å². The lowest BCUT2D eigenvalue weighted by molar-refractivity contribution is 0.127. The molecule has 0 spiro atoms. The van der Waals surface area contributed by atoms with Crippen molar-refractivity contribution in [2.45, 2.75) is 32.0 Å². The molecule has 6 heteroatoms. The summed E-state index contributed by atoms with van der Waals surface area (Å²) in [7, 11) is 3.30. The van der Waals surface area contributed by atoms with E-state index in [0.29, 0.717) is 13.1 Å².